The second kappa shape index (κ2) is 8.44. The standard InChI is InChI=1S/C22H16FN3O4/c1-28-17-10-12-19(13-11-17)29-18-8-4-14(5-9-18)20(27)24-22-26-25-21(30-22)15-2-6-16(23)7-3-15/h2-13H,1H3,(H,24,26,27). The molecule has 0 atom stereocenters. The van der Waals surface area contributed by atoms with Crippen LogP contribution in [0.25, 0.3) is 11.5 Å². The smallest absolute Gasteiger partial charge is 0.322 e. The number of hydrogen-bond donors (Lipinski definition) is 1. The Balaban J connectivity index is 1.39. The maximum absolute atomic E-state index is 13.0. The van der Waals surface area contributed by atoms with Crippen LogP contribution < -0.4 is 14.8 Å². The van der Waals surface area contributed by atoms with Gasteiger partial charge in [-0.05, 0) is 72.8 Å². The minimum absolute atomic E-state index is 0.0575. The fraction of sp³-hybridized carbons (Fsp3) is 0.0455. The van der Waals surface area contributed by atoms with Crippen molar-refractivity contribution in [2.24, 2.45) is 0 Å². The van der Waals surface area contributed by atoms with Crippen molar-refractivity contribution >= 4 is 11.9 Å². The van der Waals surface area contributed by atoms with E-state index >= 15 is 0 Å². The van der Waals surface area contributed by atoms with Gasteiger partial charge in [0, 0.05) is 11.1 Å². The highest BCUT2D eigenvalue weighted by Crippen LogP contribution is 2.24. The third-order valence-electron chi connectivity index (χ3n) is 4.15. The first kappa shape index (κ1) is 19.1. The third kappa shape index (κ3) is 4.44. The Morgan fingerprint density at radius 1 is 0.867 bits per heavy atom. The summed E-state index contributed by atoms with van der Waals surface area (Å²) < 4.78 is 29.3. The molecule has 4 rings (SSSR count). The predicted molar refractivity (Wildman–Crippen MR) is 107 cm³/mol. The molecule has 30 heavy (non-hydrogen) atoms. The van der Waals surface area contributed by atoms with E-state index in [4.69, 9.17) is 13.9 Å². The van der Waals surface area contributed by atoms with Gasteiger partial charge in [0.2, 0.25) is 5.89 Å². The summed E-state index contributed by atoms with van der Waals surface area (Å²) in [6.07, 6.45) is 0. The molecule has 0 aliphatic heterocycles. The second-order valence-electron chi connectivity index (χ2n) is 6.18. The first-order valence-corrected chi connectivity index (χ1v) is 8.93. The summed E-state index contributed by atoms with van der Waals surface area (Å²) in [5, 5.41) is 10.2. The summed E-state index contributed by atoms with van der Waals surface area (Å²) in [6, 6.07) is 19.3. The van der Waals surface area contributed by atoms with Crippen molar-refractivity contribution in [3.63, 3.8) is 0 Å². The summed E-state index contributed by atoms with van der Waals surface area (Å²) in [6.45, 7) is 0. The van der Waals surface area contributed by atoms with E-state index in [1.165, 1.54) is 24.3 Å². The fourth-order valence-corrected chi connectivity index (χ4v) is 2.61. The van der Waals surface area contributed by atoms with Gasteiger partial charge in [-0.3, -0.25) is 10.1 Å². The molecule has 7 nitrogen and oxygen atoms in total. The molecule has 0 unspecified atom stereocenters. The zero-order valence-electron chi connectivity index (χ0n) is 15.8. The molecule has 0 spiro atoms. The average Bonchev–Trinajstić information content (AvgIpc) is 3.23. The Morgan fingerprint density at radius 3 is 2.10 bits per heavy atom. The van der Waals surface area contributed by atoms with Gasteiger partial charge in [0.05, 0.1) is 7.11 Å². The van der Waals surface area contributed by atoms with Crippen LogP contribution in [0.4, 0.5) is 10.4 Å². The maximum Gasteiger partial charge on any atom is 0.322 e. The number of ether oxygens (including phenoxy) is 2. The highest BCUT2D eigenvalue weighted by Gasteiger charge is 2.13. The molecule has 150 valence electrons. The van der Waals surface area contributed by atoms with Crippen molar-refractivity contribution < 1.29 is 23.1 Å². The first-order valence-electron chi connectivity index (χ1n) is 8.93. The van der Waals surface area contributed by atoms with Crippen LogP contribution >= 0.6 is 0 Å². The third-order valence-corrected chi connectivity index (χ3v) is 4.15. The molecule has 0 fully saturated rings. The van der Waals surface area contributed by atoms with E-state index in [0.29, 0.717) is 22.6 Å². The number of anilines is 1. The Labute approximate surface area is 171 Å². The number of hydrogen-bond acceptors (Lipinski definition) is 6. The highest BCUT2D eigenvalue weighted by atomic mass is 19.1. The van der Waals surface area contributed by atoms with E-state index in [1.54, 1.807) is 55.6 Å². The summed E-state index contributed by atoms with van der Waals surface area (Å²) >= 11 is 0. The highest BCUT2D eigenvalue weighted by molar-refractivity contribution is 6.03. The molecule has 0 radical (unpaired) electrons. The lowest BCUT2D eigenvalue weighted by Gasteiger charge is -2.07. The zero-order valence-corrected chi connectivity index (χ0v) is 15.8. The van der Waals surface area contributed by atoms with E-state index < -0.39 is 5.91 Å². The molecule has 1 heterocycles. The van der Waals surface area contributed by atoms with E-state index in [9.17, 15) is 9.18 Å². The Hall–Kier alpha value is -4.20. The van der Waals surface area contributed by atoms with Gasteiger partial charge in [-0.2, -0.15) is 0 Å². The van der Waals surface area contributed by atoms with Gasteiger partial charge in [-0.15, -0.1) is 5.10 Å². The van der Waals surface area contributed by atoms with E-state index in [0.717, 1.165) is 5.75 Å². The van der Waals surface area contributed by atoms with Crippen molar-refractivity contribution in [3.05, 3.63) is 84.2 Å². The molecule has 1 amide bonds. The Kier molecular flexibility index (Phi) is 5.38. The molecule has 8 heteroatoms. The second-order valence-corrected chi connectivity index (χ2v) is 6.18. The van der Waals surface area contributed by atoms with Crippen LogP contribution in [-0.2, 0) is 0 Å². The lowest BCUT2D eigenvalue weighted by Crippen LogP contribution is -2.11. The van der Waals surface area contributed by atoms with Crippen LogP contribution in [0.3, 0.4) is 0 Å². The van der Waals surface area contributed by atoms with Gasteiger partial charge in [-0.1, -0.05) is 5.10 Å². The van der Waals surface area contributed by atoms with Gasteiger partial charge in [0.1, 0.15) is 23.1 Å². The number of benzene rings is 3. The Morgan fingerprint density at radius 2 is 1.47 bits per heavy atom. The number of nitrogens with zero attached hydrogens (tertiary/aromatic N) is 2. The van der Waals surface area contributed by atoms with Gasteiger partial charge in [0.15, 0.2) is 0 Å². The largest absolute Gasteiger partial charge is 0.497 e. The van der Waals surface area contributed by atoms with Gasteiger partial charge < -0.3 is 13.9 Å². The molecule has 0 saturated heterocycles. The summed E-state index contributed by atoms with van der Waals surface area (Å²) in [5.74, 6) is 1.35. The van der Waals surface area contributed by atoms with Crippen LogP contribution in [0.2, 0.25) is 0 Å². The molecular formula is C22H16FN3O4. The fourth-order valence-electron chi connectivity index (χ4n) is 2.61. The van der Waals surface area contributed by atoms with E-state index in [-0.39, 0.29) is 17.7 Å². The number of rotatable bonds is 6. The monoisotopic (exact) mass is 405 g/mol. The van der Waals surface area contributed by atoms with Crippen molar-refractivity contribution in [2.45, 2.75) is 0 Å². The van der Waals surface area contributed by atoms with Crippen LogP contribution in [-0.4, -0.2) is 23.2 Å². The summed E-state index contributed by atoms with van der Waals surface area (Å²) in [7, 11) is 1.59. The Bertz CT molecular complexity index is 1140. The minimum Gasteiger partial charge on any atom is -0.497 e. The SMILES string of the molecule is COc1ccc(Oc2ccc(C(=O)Nc3nnc(-c4ccc(F)cc4)o3)cc2)cc1. The van der Waals surface area contributed by atoms with Gasteiger partial charge in [-0.25, -0.2) is 4.39 Å². The quantitative estimate of drug-likeness (QED) is 0.490. The van der Waals surface area contributed by atoms with Crippen molar-refractivity contribution in [1.82, 2.24) is 10.2 Å². The van der Waals surface area contributed by atoms with Crippen LogP contribution in [0.5, 0.6) is 17.2 Å². The number of aromatic nitrogens is 2. The topological polar surface area (TPSA) is 86.5 Å². The lowest BCUT2D eigenvalue weighted by molar-refractivity contribution is 0.102. The summed E-state index contributed by atoms with van der Waals surface area (Å²) in [5.41, 5.74) is 0.933. The molecule has 1 N–H and O–H groups in total. The number of halogens is 1. The molecule has 1 aromatic heterocycles. The normalized spacial score (nSPS) is 10.5. The molecule has 4 aromatic rings. The van der Waals surface area contributed by atoms with Crippen molar-refractivity contribution in [1.29, 1.82) is 0 Å². The van der Waals surface area contributed by atoms with Crippen LogP contribution in [0.1, 0.15) is 10.4 Å². The van der Waals surface area contributed by atoms with Crippen molar-refractivity contribution in [3.8, 4) is 28.7 Å². The van der Waals surface area contributed by atoms with E-state index in [1.807, 2.05) is 0 Å². The number of carbonyl (C=O) groups is 1. The number of nitrogens with one attached hydrogen (secondary N) is 1. The molecule has 0 bridgehead atoms. The van der Waals surface area contributed by atoms with Crippen molar-refractivity contribution in [2.75, 3.05) is 12.4 Å². The average molecular weight is 405 g/mol. The van der Waals surface area contributed by atoms with Crippen LogP contribution in [0.15, 0.2) is 77.2 Å². The molecule has 0 aliphatic rings. The zero-order chi connectivity index (χ0) is 20.9. The van der Waals surface area contributed by atoms with Gasteiger partial charge in [0.25, 0.3) is 5.91 Å². The molecule has 3 aromatic carbocycles. The maximum atomic E-state index is 13.0. The predicted octanol–water partition coefficient (Wildman–Crippen LogP) is 4.93. The van der Waals surface area contributed by atoms with Gasteiger partial charge >= 0.3 is 6.01 Å². The lowest BCUT2D eigenvalue weighted by atomic mass is 10.2. The van der Waals surface area contributed by atoms with E-state index in [2.05, 4.69) is 15.5 Å². The molecular weight excluding hydrogens is 389 g/mol. The molecule has 0 saturated carbocycles. The number of carbonyl (C=O) groups excluding carboxylic acids is 1. The molecule has 0 aliphatic carbocycles. The number of methoxy groups -OCH3 is 1. The van der Waals surface area contributed by atoms with Crippen LogP contribution in [0, 0.1) is 5.82 Å². The summed E-state index contributed by atoms with van der Waals surface area (Å²) in [4.78, 5) is 12.4. The number of amides is 1. The first-order chi connectivity index (χ1) is 14.6. The minimum atomic E-state index is -0.416.